The minimum Gasteiger partial charge on any atom is -0.294 e. The molecule has 0 fully saturated rings. The summed E-state index contributed by atoms with van der Waals surface area (Å²) in [5.41, 5.74) is 2.39. The predicted octanol–water partition coefficient (Wildman–Crippen LogP) is 2.85. The van der Waals surface area contributed by atoms with Crippen LogP contribution in [-0.2, 0) is 0 Å². The molecule has 2 aromatic rings. The van der Waals surface area contributed by atoms with Crippen molar-refractivity contribution in [2.24, 2.45) is 0 Å². The standard InChI is InChI=1S/C12H12BrN3O/c1-7-11(13)8(2)16(15-7)12-10(9(3)17)5-4-6-14-12/h4-6H,1-3H3. The zero-order valence-electron chi connectivity index (χ0n) is 9.86. The Morgan fingerprint density at radius 3 is 2.65 bits per heavy atom. The van der Waals surface area contributed by atoms with Crippen LogP contribution in [0.5, 0.6) is 0 Å². The summed E-state index contributed by atoms with van der Waals surface area (Å²) in [6, 6.07) is 3.51. The van der Waals surface area contributed by atoms with Gasteiger partial charge in [0.1, 0.15) is 0 Å². The van der Waals surface area contributed by atoms with Crippen molar-refractivity contribution in [2.45, 2.75) is 20.8 Å². The Balaban J connectivity index is 2.68. The highest BCUT2D eigenvalue weighted by Crippen LogP contribution is 2.23. The van der Waals surface area contributed by atoms with E-state index in [0.717, 1.165) is 15.9 Å². The Kier molecular flexibility index (Phi) is 3.11. The first-order chi connectivity index (χ1) is 8.02. The maximum atomic E-state index is 11.5. The highest BCUT2D eigenvalue weighted by molar-refractivity contribution is 9.10. The maximum absolute atomic E-state index is 11.5. The van der Waals surface area contributed by atoms with Crippen molar-refractivity contribution >= 4 is 21.7 Å². The molecule has 2 rings (SSSR count). The second kappa shape index (κ2) is 4.41. The van der Waals surface area contributed by atoms with E-state index >= 15 is 0 Å². The van der Waals surface area contributed by atoms with Gasteiger partial charge in [0, 0.05) is 6.20 Å². The van der Waals surface area contributed by atoms with Gasteiger partial charge in [-0.2, -0.15) is 5.10 Å². The fraction of sp³-hybridized carbons (Fsp3) is 0.250. The fourth-order valence-corrected chi connectivity index (χ4v) is 1.92. The number of aryl methyl sites for hydroxylation is 1. The molecule has 2 heterocycles. The van der Waals surface area contributed by atoms with Gasteiger partial charge in [-0.25, -0.2) is 9.67 Å². The number of aromatic nitrogens is 3. The van der Waals surface area contributed by atoms with E-state index in [-0.39, 0.29) is 5.78 Å². The maximum Gasteiger partial charge on any atom is 0.164 e. The molecule has 0 radical (unpaired) electrons. The molecule has 0 aromatic carbocycles. The number of carbonyl (C=O) groups is 1. The number of nitrogens with zero attached hydrogens (tertiary/aromatic N) is 3. The van der Waals surface area contributed by atoms with Crippen molar-refractivity contribution in [3.05, 3.63) is 39.8 Å². The van der Waals surface area contributed by atoms with Crippen LogP contribution in [0.3, 0.4) is 0 Å². The van der Waals surface area contributed by atoms with E-state index in [1.54, 1.807) is 23.0 Å². The Morgan fingerprint density at radius 2 is 2.12 bits per heavy atom. The summed E-state index contributed by atoms with van der Waals surface area (Å²) < 4.78 is 2.63. The van der Waals surface area contributed by atoms with Gasteiger partial charge in [0.05, 0.1) is 21.4 Å². The van der Waals surface area contributed by atoms with Gasteiger partial charge in [0.25, 0.3) is 0 Å². The first-order valence-corrected chi connectivity index (χ1v) is 5.99. The molecular weight excluding hydrogens is 282 g/mol. The Morgan fingerprint density at radius 1 is 1.41 bits per heavy atom. The zero-order valence-corrected chi connectivity index (χ0v) is 11.4. The van der Waals surface area contributed by atoms with Crippen LogP contribution in [-0.4, -0.2) is 20.5 Å². The smallest absolute Gasteiger partial charge is 0.164 e. The molecule has 4 nitrogen and oxygen atoms in total. The van der Waals surface area contributed by atoms with E-state index in [2.05, 4.69) is 26.0 Å². The molecule has 0 amide bonds. The van der Waals surface area contributed by atoms with E-state index in [4.69, 9.17) is 0 Å². The van der Waals surface area contributed by atoms with E-state index in [9.17, 15) is 4.79 Å². The third kappa shape index (κ3) is 2.02. The summed E-state index contributed by atoms with van der Waals surface area (Å²) in [7, 11) is 0. The largest absolute Gasteiger partial charge is 0.294 e. The first-order valence-electron chi connectivity index (χ1n) is 5.20. The zero-order chi connectivity index (χ0) is 12.6. The third-order valence-electron chi connectivity index (χ3n) is 2.57. The number of Topliss-reactive ketones (excluding diaryl/α,β-unsaturated/α-hetero) is 1. The molecule has 0 unspecified atom stereocenters. The number of ketones is 1. The molecular formula is C12H12BrN3O. The van der Waals surface area contributed by atoms with Gasteiger partial charge in [-0.05, 0) is 48.8 Å². The monoisotopic (exact) mass is 293 g/mol. The molecule has 88 valence electrons. The van der Waals surface area contributed by atoms with Crippen molar-refractivity contribution in [1.29, 1.82) is 0 Å². The van der Waals surface area contributed by atoms with E-state index < -0.39 is 0 Å². The topological polar surface area (TPSA) is 47.8 Å². The highest BCUT2D eigenvalue weighted by atomic mass is 79.9. The van der Waals surface area contributed by atoms with Crippen LogP contribution in [0.2, 0.25) is 0 Å². The molecule has 0 aliphatic carbocycles. The van der Waals surface area contributed by atoms with Crippen molar-refractivity contribution in [3.8, 4) is 5.82 Å². The van der Waals surface area contributed by atoms with Gasteiger partial charge in [-0.3, -0.25) is 4.79 Å². The molecule has 0 spiro atoms. The highest BCUT2D eigenvalue weighted by Gasteiger charge is 2.15. The molecule has 0 bridgehead atoms. The average Bonchev–Trinajstić information content (AvgIpc) is 2.57. The van der Waals surface area contributed by atoms with Crippen LogP contribution in [0.25, 0.3) is 5.82 Å². The van der Waals surface area contributed by atoms with Gasteiger partial charge >= 0.3 is 0 Å². The number of pyridine rings is 1. The lowest BCUT2D eigenvalue weighted by molar-refractivity contribution is 0.101. The fourth-order valence-electron chi connectivity index (χ4n) is 1.67. The quantitative estimate of drug-likeness (QED) is 0.800. The molecule has 0 atom stereocenters. The van der Waals surface area contributed by atoms with Crippen LogP contribution < -0.4 is 0 Å². The van der Waals surface area contributed by atoms with Crippen LogP contribution in [0, 0.1) is 13.8 Å². The second-order valence-corrected chi connectivity index (χ2v) is 4.62. The SMILES string of the molecule is CC(=O)c1cccnc1-n1nc(C)c(Br)c1C. The number of hydrogen-bond acceptors (Lipinski definition) is 3. The summed E-state index contributed by atoms with van der Waals surface area (Å²) >= 11 is 3.46. The summed E-state index contributed by atoms with van der Waals surface area (Å²) in [5.74, 6) is 0.558. The normalized spacial score (nSPS) is 10.6. The number of halogens is 1. The second-order valence-electron chi connectivity index (χ2n) is 3.83. The van der Waals surface area contributed by atoms with E-state index in [1.165, 1.54) is 6.92 Å². The molecule has 0 aliphatic heterocycles. The number of hydrogen-bond donors (Lipinski definition) is 0. The van der Waals surface area contributed by atoms with Gasteiger partial charge < -0.3 is 0 Å². The molecule has 2 aromatic heterocycles. The average molecular weight is 294 g/mol. The van der Waals surface area contributed by atoms with Crippen LogP contribution in [0.15, 0.2) is 22.8 Å². The third-order valence-corrected chi connectivity index (χ3v) is 3.72. The van der Waals surface area contributed by atoms with E-state index in [1.807, 2.05) is 13.8 Å². The summed E-state index contributed by atoms with van der Waals surface area (Å²) in [4.78, 5) is 15.8. The lowest BCUT2D eigenvalue weighted by atomic mass is 10.2. The van der Waals surface area contributed by atoms with Gasteiger partial charge in [-0.1, -0.05) is 0 Å². The van der Waals surface area contributed by atoms with Crippen LogP contribution >= 0.6 is 15.9 Å². The van der Waals surface area contributed by atoms with E-state index in [0.29, 0.717) is 11.4 Å². The Bertz CT molecular complexity index is 589. The summed E-state index contributed by atoms with van der Waals surface area (Å²) in [6.45, 7) is 5.37. The van der Waals surface area contributed by atoms with Gasteiger partial charge in [0.2, 0.25) is 0 Å². The van der Waals surface area contributed by atoms with Crippen LogP contribution in [0.4, 0.5) is 0 Å². The summed E-state index contributed by atoms with van der Waals surface area (Å²) in [5, 5.41) is 4.38. The Labute approximate surface area is 108 Å². The first kappa shape index (κ1) is 12.0. The van der Waals surface area contributed by atoms with Crippen molar-refractivity contribution in [2.75, 3.05) is 0 Å². The molecule has 5 heteroatoms. The molecule has 0 saturated heterocycles. The number of carbonyl (C=O) groups excluding carboxylic acids is 1. The van der Waals surface area contributed by atoms with Crippen LogP contribution in [0.1, 0.15) is 28.7 Å². The molecule has 0 N–H and O–H groups in total. The van der Waals surface area contributed by atoms with Gasteiger partial charge in [0.15, 0.2) is 11.6 Å². The van der Waals surface area contributed by atoms with Crippen molar-refractivity contribution < 1.29 is 4.79 Å². The lowest BCUT2D eigenvalue weighted by Crippen LogP contribution is -2.08. The molecule has 17 heavy (non-hydrogen) atoms. The van der Waals surface area contributed by atoms with Gasteiger partial charge in [-0.15, -0.1) is 0 Å². The Hall–Kier alpha value is -1.49. The summed E-state index contributed by atoms with van der Waals surface area (Å²) in [6.07, 6.45) is 1.66. The predicted molar refractivity (Wildman–Crippen MR) is 68.5 cm³/mol. The molecule has 0 aliphatic rings. The van der Waals surface area contributed by atoms with Crippen molar-refractivity contribution in [3.63, 3.8) is 0 Å². The van der Waals surface area contributed by atoms with Crippen molar-refractivity contribution in [1.82, 2.24) is 14.8 Å². The minimum absolute atomic E-state index is 0.0169. The lowest BCUT2D eigenvalue weighted by Gasteiger charge is -2.07. The minimum atomic E-state index is -0.0169. The molecule has 0 saturated carbocycles. The number of rotatable bonds is 2.